The molecule has 35 heavy (non-hydrogen) atoms. The monoisotopic (exact) mass is 492 g/mol. The largest absolute Gasteiger partial charge is 0.414 e. The molecular weight excluding hydrogens is 468 g/mol. The van der Waals surface area contributed by atoms with Crippen LogP contribution in [0.5, 0.6) is 0 Å². The van der Waals surface area contributed by atoms with Crippen molar-refractivity contribution >= 4 is 15.7 Å². The second-order valence-electron chi connectivity index (χ2n) is 8.18. The van der Waals surface area contributed by atoms with Crippen LogP contribution >= 0.6 is 0 Å². The van der Waals surface area contributed by atoms with Crippen LogP contribution in [0.25, 0.3) is 34.3 Å². The molecule has 11 heteroatoms. The predicted molar refractivity (Wildman–Crippen MR) is 130 cm³/mol. The van der Waals surface area contributed by atoms with Gasteiger partial charge in [-0.1, -0.05) is 24.3 Å². The zero-order valence-electron chi connectivity index (χ0n) is 19.0. The first-order valence-corrected chi connectivity index (χ1v) is 12.6. The molecule has 1 aliphatic rings. The van der Waals surface area contributed by atoms with Gasteiger partial charge in [0.15, 0.2) is 21.3 Å². The van der Waals surface area contributed by atoms with Crippen LogP contribution in [-0.2, 0) is 21.1 Å². The Kier molecular flexibility index (Phi) is 6.29. The fourth-order valence-corrected chi connectivity index (χ4v) is 5.45. The van der Waals surface area contributed by atoms with Crippen molar-refractivity contribution in [1.82, 2.24) is 25.5 Å². The number of rotatable bonds is 7. The summed E-state index contributed by atoms with van der Waals surface area (Å²) in [6.45, 7) is 1.45. The van der Waals surface area contributed by atoms with E-state index in [4.69, 9.17) is 14.9 Å². The van der Waals surface area contributed by atoms with Gasteiger partial charge in [0.2, 0.25) is 5.89 Å². The molecule has 1 aliphatic heterocycles. The molecule has 0 spiro atoms. The van der Waals surface area contributed by atoms with Crippen LogP contribution in [0.15, 0.2) is 64.0 Å². The molecule has 1 fully saturated rings. The first-order valence-electron chi connectivity index (χ1n) is 11.1. The van der Waals surface area contributed by atoms with Crippen molar-refractivity contribution in [3.05, 3.63) is 60.3 Å². The average Bonchev–Trinajstić information content (AvgIpc) is 3.59. The summed E-state index contributed by atoms with van der Waals surface area (Å²) in [5, 5.41) is 10.8. The average molecular weight is 493 g/mol. The number of hydrogen-bond acceptors (Lipinski definition) is 10. The standard InChI is InChI=1S/C24H24N6O4S/c1-26-12-15-2-4-17(5-3-15)23-29-30-24(34-23)21-22(25)27-13-20(28-21)16-6-8-18(9-7-16)35(31,32)19-10-11-33-14-19/h2-9,13,19,26H,10-12,14H2,1H3,(H2,25,27). The lowest BCUT2D eigenvalue weighted by molar-refractivity contribution is 0.198. The van der Waals surface area contributed by atoms with Gasteiger partial charge >= 0.3 is 0 Å². The third-order valence-electron chi connectivity index (χ3n) is 5.82. The van der Waals surface area contributed by atoms with Crippen LogP contribution in [0.3, 0.4) is 0 Å². The van der Waals surface area contributed by atoms with Crippen molar-refractivity contribution in [1.29, 1.82) is 0 Å². The quantitative estimate of drug-likeness (QED) is 0.395. The number of anilines is 1. The van der Waals surface area contributed by atoms with Crippen molar-refractivity contribution in [3.8, 4) is 34.3 Å². The van der Waals surface area contributed by atoms with Crippen molar-refractivity contribution < 1.29 is 17.6 Å². The number of hydrogen-bond donors (Lipinski definition) is 2. The van der Waals surface area contributed by atoms with E-state index in [1.165, 1.54) is 6.20 Å². The van der Waals surface area contributed by atoms with Crippen molar-refractivity contribution in [2.75, 3.05) is 26.0 Å². The first kappa shape index (κ1) is 23.1. The maximum Gasteiger partial charge on any atom is 0.270 e. The molecule has 2 aromatic heterocycles. The van der Waals surface area contributed by atoms with Crippen LogP contribution in [0.4, 0.5) is 5.82 Å². The Labute approximate surface area is 202 Å². The maximum absolute atomic E-state index is 12.8. The minimum absolute atomic E-state index is 0.145. The molecule has 1 unspecified atom stereocenters. The summed E-state index contributed by atoms with van der Waals surface area (Å²) >= 11 is 0. The fourth-order valence-electron chi connectivity index (χ4n) is 3.87. The minimum Gasteiger partial charge on any atom is -0.414 e. The lowest BCUT2D eigenvalue weighted by Crippen LogP contribution is -2.21. The molecule has 0 amide bonds. The second-order valence-corrected chi connectivity index (χ2v) is 10.4. The van der Waals surface area contributed by atoms with E-state index in [2.05, 4.69) is 25.5 Å². The van der Waals surface area contributed by atoms with Gasteiger partial charge in [-0.05, 0) is 43.3 Å². The number of nitrogens with two attached hydrogens (primary N) is 1. The van der Waals surface area contributed by atoms with E-state index in [1.54, 1.807) is 24.3 Å². The number of nitrogens with zero attached hydrogens (tertiary/aromatic N) is 4. The Balaban J connectivity index is 1.41. The Bertz CT molecular complexity index is 1430. The summed E-state index contributed by atoms with van der Waals surface area (Å²) in [4.78, 5) is 9.04. The predicted octanol–water partition coefficient (Wildman–Crippen LogP) is 2.72. The summed E-state index contributed by atoms with van der Waals surface area (Å²) in [5.41, 5.74) is 9.40. The molecule has 10 nitrogen and oxygen atoms in total. The number of sulfone groups is 1. The number of nitrogen functional groups attached to an aromatic ring is 1. The fraction of sp³-hybridized carbons (Fsp3) is 0.250. The van der Waals surface area contributed by atoms with E-state index in [1.807, 2.05) is 31.3 Å². The summed E-state index contributed by atoms with van der Waals surface area (Å²) in [5.74, 6) is 0.633. The lowest BCUT2D eigenvalue weighted by Gasteiger charge is -2.10. The van der Waals surface area contributed by atoms with Crippen LogP contribution in [0, 0.1) is 0 Å². The lowest BCUT2D eigenvalue weighted by atomic mass is 10.1. The highest BCUT2D eigenvalue weighted by atomic mass is 32.2. The summed E-state index contributed by atoms with van der Waals surface area (Å²) < 4.78 is 36.6. The van der Waals surface area contributed by atoms with Gasteiger partial charge in [0, 0.05) is 24.3 Å². The van der Waals surface area contributed by atoms with Gasteiger partial charge in [-0.2, -0.15) is 0 Å². The highest BCUT2D eigenvalue weighted by molar-refractivity contribution is 7.92. The third-order valence-corrected chi connectivity index (χ3v) is 7.99. The summed E-state index contributed by atoms with van der Waals surface area (Å²) in [7, 11) is -1.55. The van der Waals surface area contributed by atoms with Gasteiger partial charge in [-0.15, -0.1) is 10.2 Å². The van der Waals surface area contributed by atoms with Crippen molar-refractivity contribution in [2.45, 2.75) is 23.1 Å². The molecule has 3 N–H and O–H groups in total. The molecule has 3 heterocycles. The van der Waals surface area contributed by atoms with Crippen LogP contribution in [-0.4, -0.2) is 54.1 Å². The summed E-state index contributed by atoms with van der Waals surface area (Å²) in [6.07, 6.45) is 2.02. The SMILES string of the molecule is CNCc1ccc(-c2nnc(-c3nc(-c4ccc(S(=O)(=O)C5CCOC5)cc4)cnc3N)o2)cc1. The molecule has 180 valence electrons. The van der Waals surface area contributed by atoms with E-state index >= 15 is 0 Å². The van der Waals surface area contributed by atoms with E-state index in [0.29, 0.717) is 30.2 Å². The summed E-state index contributed by atoms with van der Waals surface area (Å²) in [6, 6.07) is 14.3. The molecule has 0 saturated carbocycles. The normalized spacial score (nSPS) is 16.0. The van der Waals surface area contributed by atoms with Crippen LogP contribution in [0.2, 0.25) is 0 Å². The van der Waals surface area contributed by atoms with E-state index in [-0.39, 0.29) is 28.9 Å². The van der Waals surface area contributed by atoms with E-state index in [0.717, 1.165) is 17.7 Å². The molecular formula is C24H24N6O4S. The van der Waals surface area contributed by atoms with Gasteiger partial charge in [-0.3, -0.25) is 0 Å². The van der Waals surface area contributed by atoms with Crippen molar-refractivity contribution in [3.63, 3.8) is 0 Å². The van der Waals surface area contributed by atoms with Gasteiger partial charge < -0.3 is 20.2 Å². The highest BCUT2D eigenvalue weighted by Gasteiger charge is 2.31. The molecule has 4 aromatic rings. The zero-order chi connectivity index (χ0) is 24.4. The van der Waals surface area contributed by atoms with E-state index < -0.39 is 15.1 Å². The third kappa shape index (κ3) is 4.65. The Morgan fingerprint density at radius 1 is 1.03 bits per heavy atom. The Morgan fingerprint density at radius 2 is 1.74 bits per heavy atom. The topological polar surface area (TPSA) is 146 Å². The Morgan fingerprint density at radius 3 is 2.43 bits per heavy atom. The zero-order valence-corrected chi connectivity index (χ0v) is 19.8. The second kappa shape index (κ2) is 9.53. The number of ether oxygens (including phenoxy) is 1. The Hall–Kier alpha value is -3.67. The van der Waals surface area contributed by atoms with Gasteiger partial charge in [-0.25, -0.2) is 18.4 Å². The van der Waals surface area contributed by atoms with Crippen molar-refractivity contribution in [2.24, 2.45) is 0 Å². The molecule has 5 rings (SSSR count). The van der Waals surface area contributed by atoms with Gasteiger partial charge in [0.1, 0.15) is 0 Å². The number of benzene rings is 2. The molecule has 0 bridgehead atoms. The number of aromatic nitrogens is 4. The molecule has 1 atom stereocenters. The van der Waals surface area contributed by atoms with E-state index in [9.17, 15) is 8.42 Å². The van der Waals surface area contributed by atoms with Crippen LogP contribution in [0.1, 0.15) is 12.0 Å². The maximum atomic E-state index is 12.8. The molecule has 2 aromatic carbocycles. The molecule has 0 aliphatic carbocycles. The van der Waals surface area contributed by atoms with Gasteiger partial charge in [0.05, 0.1) is 28.6 Å². The molecule has 1 saturated heterocycles. The highest BCUT2D eigenvalue weighted by Crippen LogP contribution is 2.29. The van der Waals surface area contributed by atoms with Gasteiger partial charge in [0.25, 0.3) is 5.89 Å². The molecule has 0 radical (unpaired) electrons. The van der Waals surface area contributed by atoms with Crippen LogP contribution < -0.4 is 11.1 Å². The first-order chi connectivity index (χ1) is 17.0. The smallest absolute Gasteiger partial charge is 0.270 e. The minimum atomic E-state index is -3.44. The number of nitrogens with one attached hydrogen (secondary N) is 1.